The van der Waals surface area contributed by atoms with E-state index in [2.05, 4.69) is 58.8 Å². The molecule has 0 amide bonds. The van der Waals surface area contributed by atoms with Crippen molar-refractivity contribution in [2.45, 2.75) is 72.9 Å². The van der Waals surface area contributed by atoms with E-state index in [-0.39, 0.29) is 0 Å². The number of guanidine groups is 1. The predicted molar refractivity (Wildman–Crippen MR) is 82.2 cm³/mol. The van der Waals surface area contributed by atoms with Gasteiger partial charge in [-0.05, 0) is 39.5 Å². The number of aliphatic imine (C=N–C) groups is 1. The Morgan fingerprint density at radius 2 is 1.78 bits per heavy atom. The van der Waals surface area contributed by atoms with Crippen molar-refractivity contribution < 1.29 is 0 Å². The molecule has 3 nitrogen and oxygen atoms in total. The number of rotatable bonds is 7. The second-order valence-corrected chi connectivity index (χ2v) is 6.01. The number of nitrogens with one attached hydrogen (secondary N) is 1. The fourth-order valence-electron chi connectivity index (χ4n) is 1.95. The topological polar surface area (TPSA) is 27.6 Å². The van der Waals surface area contributed by atoms with E-state index in [0.717, 1.165) is 18.9 Å². The van der Waals surface area contributed by atoms with Crippen LogP contribution in [0.2, 0.25) is 0 Å². The molecule has 0 bridgehead atoms. The van der Waals surface area contributed by atoms with Crippen molar-refractivity contribution >= 4 is 5.96 Å². The number of unbranched alkanes of at least 4 members (excludes halogenated alkanes) is 1. The SMILES string of the molecule is CCCCN(C)C(=NC(C)CC(C)C)NC(C)C. The highest BCUT2D eigenvalue weighted by atomic mass is 15.3. The van der Waals surface area contributed by atoms with E-state index in [9.17, 15) is 0 Å². The fraction of sp³-hybridized carbons (Fsp3) is 0.933. The zero-order chi connectivity index (χ0) is 14.1. The van der Waals surface area contributed by atoms with E-state index in [4.69, 9.17) is 4.99 Å². The zero-order valence-corrected chi connectivity index (χ0v) is 13.5. The predicted octanol–water partition coefficient (Wildman–Crippen LogP) is 3.51. The molecule has 0 saturated heterocycles. The monoisotopic (exact) mass is 255 g/mol. The third-order valence-corrected chi connectivity index (χ3v) is 2.78. The van der Waals surface area contributed by atoms with Crippen molar-refractivity contribution in [3.8, 4) is 0 Å². The van der Waals surface area contributed by atoms with Gasteiger partial charge in [0.2, 0.25) is 0 Å². The van der Waals surface area contributed by atoms with E-state index in [1.807, 2.05) is 0 Å². The lowest BCUT2D eigenvalue weighted by atomic mass is 10.1. The van der Waals surface area contributed by atoms with Crippen LogP contribution in [0.15, 0.2) is 4.99 Å². The first-order valence-electron chi connectivity index (χ1n) is 7.42. The van der Waals surface area contributed by atoms with Gasteiger partial charge in [0.1, 0.15) is 0 Å². The highest BCUT2D eigenvalue weighted by Gasteiger charge is 2.10. The quantitative estimate of drug-likeness (QED) is 0.557. The Kier molecular flexibility index (Phi) is 8.86. The van der Waals surface area contributed by atoms with Gasteiger partial charge in [0.25, 0.3) is 0 Å². The maximum Gasteiger partial charge on any atom is 0.194 e. The molecular weight excluding hydrogens is 222 g/mol. The standard InChI is InChI=1S/C15H33N3/c1-8-9-10-18(7)15(16-13(4)5)17-14(6)11-12(2)3/h12-14H,8-11H2,1-7H3,(H,16,17). The van der Waals surface area contributed by atoms with Gasteiger partial charge in [-0.25, -0.2) is 0 Å². The minimum atomic E-state index is 0.385. The first-order valence-corrected chi connectivity index (χ1v) is 7.42. The summed E-state index contributed by atoms with van der Waals surface area (Å²) in [6, 6.07) is 0.814. The molecule has 0 spiro atoms. The molecule has 3 heteroatoms. The van der Waals surface area contributed by atoms with E-state index >= 15 is 0 Å². The molecule has 0 radical (unpaired) electrons. The van der Waals surface area contributed by atoms with Crippen molar-refractivity contribution in [3.63, 3.8) is 0 Å². The van der Waals surface area contributed by atoms with E-state index in [1.54, 1.807) is 0 Å². The molecule has 1 atom stereocenters. The fourth-order valence-corrected chi connectivity index (χ4v) is 1.95. The van der Waals surface area contributed by atoms with E-state index in [1.165, 1.54) is 12.8 Å². The van der Waals surface area contributed by atoms with Crippen LogP contribution in [0.4, 0.5) is 0 Å². The lowest BCUT2D eigenvalue weighted by molar-refractivity contribution is 0.445. The third-order valence-electron chi connectivity index (χ3n) is 2.78. The molecule has 0 rings (SSSR count). The Morgan fingerprint density at radius 1 is 1.17 bits per heavy atom. The molecule has 18 heavy (non-hydrogen) atoms. The van der Waals surface area contributed by atoms with Crippen LogP contribution in [-0.4, -0.2) is 36.5 Å². The first-order chi connectivity index (χ1) is 8.36. The summed E-state index contributed by atoms with van der Waals surface area (Å²) in [4.78, 5) is 7.09. The lowest BCUT2D eigenvalue weighted by Crippen LogP contribution is -2.43. The average Bonchev–Trinajstić information content (AvgIpc) is 2.23. The van der Waals surface area contributed by atoms with Crippen molar-refractivity contribution in [2.75, 3.05) is 13.6 Å². The Bertz CT molecular complexity index is 234. The molecule has 0 fully saturated rings. The molecular formula is C15H33N3. The Hall–Kier alpha value is -0.730. The van der Waals surface area contributed by atoms with Gasteiger partial charge in [-0.15, -0.1) is 0 Å². The highest BCUT2D eigenvalue weighted by molar-refractivity contribution is 5.80. The molecule has 0 aliphatic carbocycles. The minimum Gasteiger partial charge on any atom is -0.354 e. The van der Waals surface area contributed by atoms with E-state index < -0.39 is 0 Å². The molecule has 0 aromatic carbocycles. The van der Waals surface area contributed by atoms with Gasteiger partial charge in [-0.3, -0.25) is 4.99 Å². The van der Waals surface area contributed by atoms with Gasteiger partial charge in [0, 0.05) is 19.6 Å². The van der Waals surface area contributed by atoms with Gasteiger partial charge in [0.15, 0.2) is 5.96 Å². The van der Waals surface area contributed by atoms with Gasteiger partial charge < -0.3 is 10.2 Å². The largest absolute Gasteiger partial charge is 0.354 e. The highest BCUT2D eigenvalue weighted by Crippen LogP contribution is 2.08. The van der Waals surface area contributed by atoms with Crippen LogP contribution in [0.1, 0.15) is 60.8 Å². The molecule has 0 aliphatic heterocycles. The van der Waals surface area contributed by atoms with Crippen molar-refractivity contribution in [1.82, 2.24) is 10.2 Å². The van der Waals surface area contributed by atoms with Crippen LogP contribution < -0.4 is 5.32 Å². The Balaban J connectivity index is 4.58. The van der Waals surface area contributed by atoms with Crippen molar-refractivity contribution in [2.24, 2.45) is 10.9 Å². The van der Waals surface area contributed by atoms with Crippen molar-refractivity contribution in [3.05, 3.63) is 0 Å². The third kappa shape index (κ3) is 8.37. The number of nitrogens with zero attached hydrogens (tertiary/aromatic N) is 2. The average molecular weight is 255 g/mol. The molecule has 0 aromatic rings. The van der Waals surface area contributed by atoms with Crippen LogP contribution in [0.25, 0.3) is 0 Å². The molecule has 0 aliphatic rings. The second-order valence-electron chi connectivity index (χ2n) is 6.01. The molecule has 0 heterocycles. The summed E-state index contributed by atoms with van der Waals surface area (Å²) in [7, 11) is 2.13. The van der Waals surface area contributed by atoms with E-state index in [0.29, 0.717) is 18.0 Å². The maximum atomic E-state index is 4.84. The zero-order valence-electron chi connectivity index (χ0n) is 13.5. The van der Waals surface area contributed by atoms with Crippen LogP contribution >= 0.6 is 0 Å². The van der Waals surface area contributed by atoms with Crippen LogP contribution in [0.3, 0.4) is 0 Å². The normalized spacial score (nSPS) is 14.2. The lowest BCUT2D eigenvalue weighted by Gasteiger charge is -2.25. The van der Waals surface area contributed by atoms with Crippen LogP contribution in [0, 0.1) is 5.92 Å². The second kappa shape index (κ2) is 9.23. The van der Waals surface area contributed by atoms with Crippen LogP contribution in [0.5, 0.6) is 0 Å². The van der Waals surface area contributed by atoms with Gasteiger partial charge in [-0.2, -0.15) is 0 Å². The summed E-state index contributed by atoms with van der Waals surface area (Å²) < 4.78 is 0. The number of hydrogen-bond donors (Lipinski definition) is 1. The van der Waals surface area contributed by atoms with Gasteiger partial charge >= 0.3 is 0 Å². The summed E-state index contributed by atoms with van der Waals surface area (Å²) in [5.41, 5.74) is 0. The number of hydrogen-bond acceptors (Lipinski definition) is 1. The smallest absolute Gasteiger partial charge is 0.194 e. The van der Waals surface area contributed by atoms with Crippen molar-refractivity contribution in [1.29, 1.82) is 0 Å². The molecule has 0 saturated carbocycles. The minimum absolute atomic E-state index is 0.385. The van der Waals surface area contributed by atoms with Crippen LogP contribution in [-0.2, 0) is 0 Å². The Labute approximate surface area is 114 Å². The summed E-state index contributed by atoms with van der Waals surface area (Å²) in [5.74, 6) is 1.75. The summed E-state index contributed by atoms with van der Waals surface area (Å²) >= 11 is 0. The summed E-state index contributed by atoms with van der Waals surface area (Å²) in [6.45, 7) is 14.3. The summed E-state index contributed by atoms with van der Waals surface area (Å²) in [6.07, 6.45) is 3.58. The molecule has 1 unspecified atom stereocenters. The molecule has 0 aromatic heterocycles. The summed E-state index contributed by atoms with van der Waals surface area (Å²) in [5, 5.41) is 3.47. The van der Waals surface area contributed by atoms with Gasteiger partial charge in [0.05, 0.1) is 6.04 Å². The molecule has 108 valence electrons. The van der Waals surface area contributed by atoms with Gasteiger partial charge in [-0.1, -0.05) is 27.2 Å². The molecule has 1 N–H and O–H groups in total. The maximum absolute atomic E-state index is 4.84. The first kappa shape index (κ1) is 17.3. The Morgan fingerprint density at radius 3 is 2.22 bits per heavy atom.